The Hall–Kier alpha value is -1.76. The van der Waals surface area contributed by atoms with Crippen molar-refractivity contribution in [3.8, 4) is 5.75 Å². The maximum Gasteiger partial charge on any atom is 0.119 e. The number of hydrogen-bond donors (Lipinski definition) is 2. The fourth-order valence-corrected chi connectivity index (χ4v) is 3.86. The molecule has 0 spiro atoms. The van der Waals surface area contributed by atoms with E-state index in [4.69, 9.17) is 16.2 Å². The Morgan fingerprint density at radius 2 is 2.14 bits per heavy atom. The molecule has 2 heterocycles. The van der Waals surface area contributed by atoms with Crippen LogP contribution in [0.2, 0.25) is 0 Å². The third kappa shape index (κ3) is 2.43. The summed E-state index contributed by atoms with van der Waals surface area (Å²) in [5, 5.41) is 1.04. The first-order valence-corrected chi connectivity index (χ1v) is 7.96. The SMILES string of the molecule is COc1ccc2c(c1)C(N)(Cc1sc(C)nc1C)C(N)C=N2. The fraction of sp³-hybridized carbons (Fsp3) is 0.375. The molecule has 0 aliphatic carbocycles. The standard InChI is InChI=1S/C16H20N4OS/c1-9-14(22-10(2)20-9)7-16(18)12-6-11(21-3)4-5-13(12)19-8-15(16)17/h4-6,8,15H,7,17-18H2,1-3H3. The summed E-state index contributed by atoms with van der Waals surface area (Å²) in [4.78, 5) is 10.1. The number of aryl methyl sites for hydroxylation is 2. The Balaban J connectivity index is 2.08. The molecule has 22 heavy (non-hydrogen) atoms. The van der Waals surface area contributed by atoms with Gasteiger partial charge in [-0.2, -0.15) is 0 Å². The van der Waals surface area contributed by atoms with Gasteiger partial charge < -0.3 is 16.2 Å². The number of benzene rings is 1. The average Bonchev–Trinajstić information content (AvgIpc) is 2.81. The maximum atomic E-state index is 6.76. The fourth-order valence-electron chi connectivity index (χ4n) is 2.82. The van der Waals surface area contributed by atoms with E-state index in [2.05, 4.69) is 9.98 Å². The minimum Gasteiger partial charge on any atom is -0.497 e. The van der Waals surface area contributed by atoms with E-state index in [0.29, 0.717) is 6.42 Å². The predicted molar refractivity (Wildman–Crippen MR) is 90.3 cm³/mol. The average molecular weight is 316 g/mol. The number of methoxy groups -OCH3 is 1. The molecule has 116 valence electrons. The van der Waals surface area contributed by atoms with Crippen molar-refractivity contribution in [2.75, 3.05) is 7.11 Å². The number of fused-ring (bicyclic) bond motifs is 1. The molecule has 1 aromatic carbocycles. The second-order valence-corrected chi connectivity index (χ2v) is 6.93. The van der Waals surface area contributed by atoms with Crippen LogP contribution in [0.1, 0.15) is 21.1 Å². The highest BCUT2D eigenvalue weighted by atomic mass is 32.1. The van der Waals surface area contributed by atoms with Crippen molar-refractivity contribution in [3.63, 3.8) is 0 Å². The quantitative estimate of drug-likeness (QED) is 0.909. The monoisotopic (exact) mass is 316 g/mol. The third-order valence-electron chi connectivity index (χ3n) is 4.13. The lowest BCUT2D eigenvalue weighted by molar-refractivity contribution is 0.396. The topological polar surface area (TPSA) is 86.5 Å². The van der Waals surface area contributed by atoms with Crippen LogP contribution in [-0.2, 0) is 12.0 Å². The summed E-state index contributed by atoms with van der Waals surface area (Å²) in [6, 6.07) is 5.39. The lowest BCUT2D eigenvalue weighted by atomic mass is 9.78. The minimum absolute atomic E-state index is 0.353. The van der Waals surface area contributed by atoms with Crippen LogP contribution < -0.4 is 16.2 Å². The van der Waals surface area contributed by atoms with E-state index in [1.807, 2.05) is 32.0 Å². The van der Waals surface area contributed by atoms with Crippen LogP contribution in [0.5, 0.6) is 5.75 Å². The van der Waals surface area contributed by atoms with E-state index in [-0.39, 0.29) is 6.04 Å². The van der Waals surface area contributed by atoms with Gasteiger partial charge in [-0.25, -0.2) is 4.98 Å². The number of nitrogens with two attached hydrogens (primary N) is 2. The van der Waals surface area contributed by atoms with E-state index in [0.717, 1.165) is 27.7 Å². The van der Waals surface area contributed by atoms with Crippen LogP contribution in [0.25, 0.3) is 0 Å². The number of hydrogen-bond acceptors (Lipinski definition) is 6. The second kappa shape index (κ2) is 5.46. The molecule has 5 nitrogen and oxygen atoms in total. The predicted octanol–water partition coefficient (Wildman–Crippen LogP) is 2.21. The van der Waals surface area contributed by atoms with E-state index in [9.17, 15) is 0 Å². The van der Waals surface area contributed by atoms with E-state index >= 15 is 0 Å². The molecule has 2 aromatic rings. The molecule has 1 aromatic heterocycles. The number of ether oxygens (including phenoxy) is 1. The summed E-state index contributed by atoms with van der Waals surface area (Å²) in [5.74, 6) is 0.759. The molecule has 4 N–H and O–H groups in total. The number of thiazole rings is 1. The van der Waals surface area contributed by atoms with Crippen molar-refractivity contribution in [2.45, 2.75) is 31.8 Å². The van der Waals surface area contributed by atoms with Crippen LogP contribution in [0.4, 0.5) is 5.69 Å². The van der Waals surface area contributed by atoms with Gasteiger partial charge in [0.2, 0.25) is 0 Å². The maximum absolute atomic E-state index is 6.76. The van der Waals surface area contributed by atoms with Crippen molar-refractivity contribution in [1.82, 2.24) is 4.98 Å². The van der Waals surface area contributed by atoms with E-state index in [1.54, 1.807) is 24.7 Å². The lowest BCUT2D eigenvalue weighted by Crippen LogP contribution is -2.56. The Morgan fingerprint density at radius 3 is 2.77 bits per heavy atom. The smallest absolute Gasteiger partial charge is 0.119 e. The molecule has 0 fully saturated rings. The zero-order valence-electron chi connectivity index (χ0n) is 13.0. The van der Waals surface area contributed by atoms with Crippen molar-refractivity contribution >= 4 is 23.2 Å². The summed E-state index contributed by atoms with van der Waals surface area (Å²) in [6.07, 6.45) is 2.37. The molecule has 1 aliphatic rings. The highest BCUT2D eigenvalue weighted by molar-refractivity contribution is 7.11. The lowest BCUT2D eigenvalue weighted by Gasteiger charge is -2.37. The van der Waals surface area contributed by atoms with Crippen LogP contribution in [0, 0.1) is 13.8 Å². The zero-order chi connectivity index (χ0) is 15.9. The zero-order valence-corrected chi connectivity index (χ0v) is 13.8. The first kappa shape index (κ1) is 15.1. The van der Waals surface area contributed by atoms with Crippen molar-refractivity contribution in [2.24, 2.45) is 16.5 Å². The molecule has 2 atom stereocenters. The van der Waals surface area contributed by atoms with Crippen LogP contribution in [0.3, 0.4) is 0 Å². The first-order valence-electron chi connectivity index (χ1n) is 7.14. The van der Waals surface area contributed by atoms with Crippen LogP contribution >= 0.6 is 11.3 Å². The molecule has 0 radical (unpaired) electrons. The second-order valence-electron chi connectivity index (χ2n) is 5.65. The van der Waals surface area contributed by atoms with Crippen LogP contribution in [0.15, 0.2) is 23.2 Å². The molecule has 0 amide bonds. The van der Waals surface area contributed by atoms with Gasteiger partial charge in [0.05, 0.1) is 35.1 Å². The van der Waals surface area contributed by atoms with Crippen molar-refractivity contribution in [3.05, 3.63) is 39.3 Å². The molecule has 3 rings (SSSR count). The van der Waals surface area contributed by atoms with E-state index < -0.39 is 5.54 Å². The van der Waals surface area contributed by atoms with Gasteiger partial charge in [-0.3, -0.25) is 4.99 Å². The third-order valence-corrected chi connectivity index (χ3v) is 5.20. The molecule has 0 saturated carbocycles. The summed E-state index contributed by atoms with van der Waals surface area (Å²) in [5.41, 5.74) is 15.1. The molecular formula is C16H20N4OS. The van der Waals surface area contributed by atoms with Gasteiger partial charge in [0.25, 0.3) is 0 Å². The summed E-state index contributed by atoms with van der Waals surface area (Å²) < 4.78 is 5.33. The Kier molecular flexibility index (Phi) is 3.76. The highest BCUT2D eigenvalue weighted by Crippen LogP contribution is 2.39. The number of nitrogens with zero attached hydrogens (tertiary/aromatic N) is 2. The Bertz CT molecular complexity index is 740. The highest BCUT2D eigenvalue weighted by Gasteiger charge is 2.39. The van der Waals surface area contributed by atoms with Gasteiger partial charge in [-0.05, 0) is 32.0 Å². The van der Waals surface area contributed by atoms with E-state index in [1.165, 1.54) is 4.88 Å². The molecular weight excluding hydrogens is 296 g/mol. The van der Waals surface area contributed by atoms with Gasteiger partial charge in [0.15, 0.2) is 0 Å². The van der Waals surface area contributed by atoms with Crippen LogP contribution in [-0.4, -0.2) is 24.4 Å². The first-order chi connectivity index (χ1) is 10.4. The Morgan fingerprint density at radius 1 is 1.36 bits per heavy atom. The Labute approximate surface area is 134 Å². The molecule has 0 saturated heterocycles. The largest absolute Gasteiger partial charge is 0.497 e. The number of aromatic nitrogens is 1. The normalized spacial score (nSPS) is 23.4. The van der Waals surface area contributed by atoms with Gasteiger partial charge >= 0.3 is 0 Å². The van der Waals surface area contributed by atoms with Crippen molar-refractivity contribution < 1.29 is 4.74 Å². The molecule has 0 bridgehead atoms. The number of rotatable bonds is 3. The number of aliphatic imine (C=N–C) groups is 1. The summed E-state index contributed by atoms with van der Waals surface area (Å²) in [7, 11) is 1.64. The van der Waals surface area contributed by atoms with Gasteiger partial charge in [-0.15, -0.1) is 11.3 Å². The molecule has 1 aliphatic heterocycles. The van der Waals surface area contributed by atoms with Gasteiger partial charge in [-0.1, -0.05) is 0 Å². The molecule has 6 heteroatoms. The minimum atomic E-state index is -0.713. The van der Waals surface area contributed by atoms with Gasteiger partial charge in [0.1, 0.15) is 5.75 Å². The van der Waals surface area contributed by atoms with Crippen molar-refractivity contribution in [1.29, 1.82) is 0 Å². The molecule has 2 unspecified atom stereocenters. The van der Waals surface area contributed by atoms with Gasteiger partial charge in [0, 0.05) is 23.1 Å². The summed E-state index contributed by atoms with van der Waals surface area (Å²) >= 11 is 1.67. The summed E-state index contributed by atoms with van der Waals surface area (Å²) in [6.45, 7) is 4.01.